The smallest absolute Gasteiger partial charge is 0.231 e. The molecule has 0 heterocycles. The molecule has 1 saturated carbocycles. The van der Waals surface area contributed by atoms with E-state index in [0.717, 1.165) is 12.8 Å². The van der Waals surface area contributed by atoms with Crippen LogP contribution >= 0.6 is 0 Å². The quantitative estimate of drug-likeness (QED) is 0.315. The normalized spacial score (nSPS) is 30.2. The summed E-state index contributed by atoms with van der Waals surface area (Å²) < 4.78 is 0. The molecule has 1 fully saturated rings. The Labute approximate surface area is 115 Å². The summed E-state index contributed by atoms with van der Waals surface area (Å²) in [7, 11) is 0. The van der Waals surface area contributed by atoms with Crippen LogP contribution < -0.4 is 11.1 Å². The first kappa shape index (κ1) is 15.8. The largest absolute Gasteiger partial charge is 0.409 e. The zero-order chi connectivity index (χ0) is 14.6. The summed E-state index contributed by atoms with van der Waals surface area (Å²) in [4.78, 5) is 12.3. The van der Waals surface area contributed by atoms with Crippen LogP contribution in [0.3, 0.4) is 0 Å². The fourth-order valence-electron chi connectivity index (χ4n) is 2.90. The molecule has 1 amide bonds. The van der Waals surface area contributed by atoms with Crippen molar-refractivity contribution in [2.75, 3.05) is 0 Å². The van der Waals surface area contributed by atoms with Crippen LogP contribution in [0.1, 0.15) is 47.0 Å². The van der Waals surface area contributed by atoms with Crippen molar-refractivity contribution in [2.24, 2.45) is 34.6 Å². The first-order chi connectivity index (χ1) is 8.88. The molecule has 19 heavy (non-hydrogen) atoms. The molecule has 0 aromatic rings. The summed E-state index contributed by atoms with van der Waals surface area (Å²) in [6.07, 6.45) is 3.38. The van der Waals surface area contributed by atoms with Gasteiger partial charge in [0.1, 0.15) is 5.92 Å². The van der Waals surface area contributed by atoms with E-state index in [1.807, 2.05) is 13.8 Å². The van der Waals surface area contributed by atoms with Gasteiger partial charge in [-0.3, -0.25) is 4.79 Å². The van der Waals surface area contributed by atoms with Crippen molar-refractivity contribution >= 4 is 11.7 Å². The minimum atomic E-state index is -0.561. The maximum atomic E-state index is 12.3. The van der Waals surface area contributed by atoms with Crippen LogP contribution in [0.15, 0.2) is 5.16 Å². The Hall–Kier alpha value is -1.26. The summed E-state index contributed by atoms with van der Waals surface area (Å²) in [5.41, 5.74) is 5.63. The van der Waals surface area contributed by atoms with Gasteiger partial charge in [-0.2, -0.15) is 0 Å². The molecule has 0 saturated heterocycles. The van der Waals surface area contributed by atoms with Crippen LogP contribution in [-0.4, -0.2) is 23.0 Å². The van der Waals surface area contributed by atoms with Gasteiger partial charge in [0.25, 0.3) is 0 Å². The van der Waals surface area contributed by atoms with E-state index in [0.29, 0.717) is 11.8 Å². The lowest BCUT2D eigenvalue weighted by Gasteiger charge is -2.35. The molecule has 110 valence electrons. The van der Waals surface area contributed by atoms with Gasteiger partial charge in [0.05, 0.1) is 0 Å². The second-order valence-corrected chi connectivity index (χ2v) is 6.13. The van der Waals surface area contributed by atoms with Crippen LogP contribution in [0, 0.1) is 23.7 Å². The molecule has 0 aromatic heterocycles. The molecule has 4 atom stereocenters. The van der Waals surface area contributed by atoms with E-state index < -0.39 is 5.92 Å². The Morgan fingerprint density at radius 1 is 1.37 bits per heavy atom. The van der Waals surface area contributed by atoms with Crippen molar-refractivity contribution in [1.29, 1.82) is 0 Å². The second-order valence-electron chi connectivity index (χ2n) is 6.13. The molecule has 1 aliphatic rings. The first-order valence-electron chi connectivity index (χ1n) is 7.16. The van der Waals surface area contributed by atoms with E-state index >= 15 is 0 Å². The second kappa shape index (κ2) is 6.78. The number of hydrogen-bond donors (Lipinski definition) is 3. The lowest BCUT2D eigenvalue weighted by Crippen LogP contribution is -2.49. The van der Waals surface area contributed by atoms with Gasteiger partial charge in [-0.15, -0.1) is 0 Å². The molecule has 4 N–H and O–H groups in total. The number of amidine groups is 1. The van der Waals surface area contributed by atoms with Gasteiger partial charge in [0, 0.05) is 6.04 Å². The molecular weight excluding hydrogens is 242 g/mol. The Morgan fingerprint density at radius 2 is 2.00 bits per heavy atom. The standard InChI is InChI=1S/C14H27N3O2/c1-8(2)12(13(15)17-19)14(18)16-11-7-5-6-9(3)10(11)4/h8-12,19H,5-7H2,1-4H3,(H2,15,17)(H,16,18). The molecule has 0 aromatic carbocycles. The van der Waals surface area contributed by atoms with E-state index in [-0.39, 0.29) is 23.7 Å². The number of oxime groups is 1. The van der Waals surface area contributed by atoms with Gasteiger partial charge >= 0.3 is 0 Å². The van der Waals surface area contributed by atoms with Gasteiger partial charge in [-0.1, -0.05) is 45.7 Å². The third kappa shape index (κ3) is 3.85. The van der Waals surface area contributed by atoms with Crippen LogP contribution in [0.2, 0.25) is 0 Å². The molecule has 4 unspecified atom stereocenters. The topological polar surface area (TPSA) is 87.7 Å². The van der Waals surface area contributed by atoms with Gasteiger partial charge in [0.15, 0.2) is 5.84 Å². The zero-order valence-electron chi connectivity index (χ0n) is 12.4. The number of carbonyl (C=O) groups is 1. The minimum absolute atomic E-state index is 0.00669. The fraction of sp³-hybridized carbons (Fsp3) is 0.857. The maximum absolute atomic E-state index is 12.3. The van der Waals surface area contributed by atoms with E-state index in [2.05, 4.69) is 24.3 Å². The highest BCUT2D eigenvalue weighted by molar-refractivity contribution is 6.02. The minimum Gasteiger partial charge on any atom is -0.409 e. The summed E-state index contributed by atoms with van der Waals surface area (Å²) in [5.74, 6) is 0.403. The molecule has 1 rings (SSSR count). The first-order valence-corrected chi connectivity index (χ1v) is 7.16. The number of rotatable bonds is 4. The predicted octanol–water partition coefficient (Wildman–Crippen LogP) is 1.95. The number of nitrogens with one attached hydrogen (secondary N) is 1. The number of nitrogens with zero attached hydrogens (tertiary/aromatic N) is 1. The highest BCUT2D eigenvalue weighted by atomic mass is 16.4. The molecular formula is C14H27N3O2. The Morgan fingerprint density at radius 3 is 2.53 bits per heavy atom. The van der Waals surface area contributed by atoms with E-state index in [4.69, 9.17) is 10.9 Å². The number of hydrogen-bond acceptors (Lipinski definition) is 3. The van der Waals surface area contributed by atoms with Crippen LogP contribution in [0.4, 0.5) is 0 Å². The van der Waals surface area contributed by atoms with Crippen molar-refractivity contribution in [3.63, 3.8) is 0 Å². The monoisotopic (exact) mass is 269 g/mol. The summed E-state index contributed by atoms with van der Waals surface area (Å²) >= 11 is 0. The Balaban J connectivity index is 2.71. The third-order valence-corrected chi connectivity index (χ3v) is 4.42. The predicted molar refractivity (Wildman–Crippen MR) is 75.8 cm³/mol. The lowest BCUT2D eigenvalue weighted by atomic mass is 9.77. The van der Waals surface area contributed by atoms with Crippen LogP contribution in [0.5, 0.6) is 0 Å². The third-order valence-electron chi connectivity index (χ3n) is 4.42. The molecule has 0 spiro atoms. The molecule has 0 radical (unpaired) electrons. The molecule has 0 bridgehead atoms. The Bertz CT molecular complexity index is 342. The zero-order valence-corrected chi connectivity index (χ0v) is 12.4. The Kier molecular flexibility index (Phi) is 5.63. The van der Waals surface area contributed by atoms with Crippen molar-refractivity contribution in [3.8, 4) is 0 Å². The van der Waals surface area contributed by atoms with Gasteiger partial charge in [0.2, 0.25) is 5.91 Å². The average Bonchev–Trinajstić information content (AvgIpc) is 2.34. The molecule has 0 aliphatic heterocycles. The maximum Gasteiger partial charge on any atom is 0.231 e. The molecule has 1 aliphatic carbocycles. The molecule has 5 heteroatoms. The van der Waals surface area contributed by atoms with Gasteiger partial charge in [-0.05, 0) is 24.2 Å². The van der Waals surface area contributed by atoms with E-state index in [1.165, 1.54) is 6.42 Å². The van der Waals surface area contributed by atoms with E-state index in [9.17, 15) is 4.79 Å². The van der Waals surface area contributed by atoms with E-state index in [1.54, 1.807) is 0 Å². The van der Waals surface area contributed by atoms with Crippen molar-refractivity contribution in [3.05, 3.63) is 0 Å². The van der Waals surface area contributed by atoms with Crippen molar-refractivity contribution in [1.82, 2.24) is 5.32 Å². The average molecular weight is 269 g/mol. The van der Waals surface area contributed by atoms with Gasteiger partial charge < -0.3 is 16.3 Å². The highest BCUT2D eigenvalue weighted by Crippen LogP contribution is 2.29. The highest BCUT2D eigenvalue weighted by Gasteiger charge is 2.32. The van der Waals surface area contributed by atoms with Crippen LogP contribution in [-0.2, 0) is 4.79 Å². The van der Waals surface area contributed by atoms with Crippen molar-refractivity contribution in [2.45, 2.75) is 53.0 Å². The van der Waals surface area contributed by atoms with Crippen LogP contribution in [0.25, 0.3) is 0 Å². The molecule has 5 nitrogen and oxygen atoms in total. The summed E-state index contributed by atoms with van der Waals surface area (Å²) in [6, 6.07) is 0.198. The number of amides is 1. The summed E-state index contributed by atoms with van der Waals surface area (Å²) in [5, 5.41) is 14.9. The lowest BCUT2D eigenvalue weighted by molar-refractivity contribution is -0.125. The number of carbonyl (C=O) groups excluding carboxylic acids is 1. The SMILES string of the molecule is CC(C)C(C(=O)NC1CCCC(C)C1C)C(N)=NO. The van der Waals surface area contributed by atoms with Gasteiger partial charge in [-0.25, -0.2) is 0 Å². The summed E-state index contributed by atoms with van der Waals surface area (Å²) in [6.45, 7) is 8.21. The number of nitrogens with two attached hydrogens (primary N) is 1. The van der Waals surface area contributed by atoms with Crippen molar-refractivity contribution < 1.29 is 10.0 Å². The fourth-order valence-corrected chi connectivity index (χ4v) is 2.90.